The molecule has 0 spiro atoms. The van der Waals surface area contributed by atoms with Crippen LogP contribution in [0.25, 0.3) is 6.08 Å². The van der Waals surface area contributed by atoms with E-state index in [0.29, 0.717) is 6.04 Å². The van der Waals surface area contributed by atoms with Crippen molar-refractivity contribution in [3.05, 3.63) is 35.4 Å². The van der Waals surface area contributed by atoms with Crippen molar-refractivity contribution in [1.82, 2.24) is 4.90 Å². The first-order valence-electron chi connectivity index (χ1n) is 6.79. The van der Waals surface area contributed by atoms with Crippen LogP contribution in [0.5, 0.6) is 5.75 Å². The highest BCUT2D eigenvalue weighted by atomic mass is 16.5. The fourth-order valence-corrected chi connectivity index (χ4v) is 2.07. The first kappa shape index (κ1) is 16.2. The van der Waals surface area contributed by atoms with Crippen molar-refractivity contribution in [2.45, 2.75) is 33.4 Å². The van der Waals surface area contributed by atoms with Crippen molar-refractivity contribution >= 4 is 12.0 Å². The Morgan fingerprint density at radius 1 is 1.45 bits per heavy atom. The maximum absolute atomic E-state index is 10.6. The zero-order valence-corrected chi connectivity index (χ0v) is 12.6. The highest BCUT2D eigenvalue weighted by Crippen LogP contribution is 2.23. The summed E-state index contributed by atoms with van der Waals surface area (Å²) in [5.41, 5.74) is 1.93. The Hall–Kier alpha value is -1.81. The van der Waals surface area contributed by atoms with Crippen LogP contribution in [0.15, 0.2) is 24.3 Å². The Kier molecular flexibility index (Phi) is 6.25. The summed E-state index contributed by atoms with van der Waals surface area (Å²) in [6, 6.07) is 6.16. The Morgan fingerprint density at radius 2 is 2.15 bits per heavy atom. The maximum atomic E-state index is 10.6. The van der Waals surface area contributed by atoms with Crippen LogP contribution in [0.4, 0.5) is 0 Å². The lowest BCUT2D eigenvalue weighted by Gasteiger charge is -2.25. The van der Waals surface area contributed by atoms with Crippen LogP contribution < -0.4 is 4.74 Å². The molecule has 4 heteroatoms. The van der Waals surface area contributed by atoms with Crippen molar-refractivity contribution in [2.24, 2.45) is 0 Å². The average Bonchev–Trinajstić information content (AvgIpc) is 2.42. The second kappa shape index (κ2) is 7.70. The van der Waals surface area contributed by atoms with E-state index in [1.807, 2.05) is 18.2 Å². The first-order valence-corrected chi connectivity index (χ1v) is 6.79. The second-order valence-electron chi connectivity index (χ2n) is 4.90. The quantitative estimate of drug-likeness (QED) is 0.778. The van der Waals surface area contributed by atoms with Gasteiger partial charge in [0.2, 0.25) is 0 Å². The zero-order valence-electron chi connectivity index (χ0n) is 12.6. The molecule has 4 nitrogen and oxygen atoms in total. The van der Waals surface area contributed by atoms with E-state index in [-0.39, 0.29) is 0 Å². The second-order valence-corrected chi connectivity index (χ2v) is 4.90. The predicted octanol–water partition coefficient (Wildman–Crippen LogP) is 3.02. The van der Waals surface area contributed by atoms with Crippen LogP contribution in [0.3, 0.4) is 0 Å². The molecule has 0 bridgehead atoms. The van der Waals surface area contributed by atoms with Crippen LogP contribution >= 0.6 is 0 Å². The number of benzene rings is 1. The molecular weight excluding hydrogens is 254 g/mol. The number of aliphatic carboxylic acids is 1. The largest absolute Gasteiger partial charge is 0.496 e. The molecular formula is C16H23NO3. The number of hydrogen-bond donors (Lipinski definition) is 1. The maximum Gasteiger partial charge on any atom is 0.328 e. The molecule has 20 heavy (non-hydrogen) atoms. The molecule has 0 fully saturated rings. The number of hydrogen-bond acceptors (Lipinski definition) is 3. The lowest BCUT2D eigenvalue weighted by atomic mass is 10.1. The molecule has 0 unspecified atom stereocenters. The van der Waals surface area contributed by atoms with Gasteiger partial charge in [-0.25, -0.2) is 4.79 Å². The molecule has 0 atom stereocenters. The molecule has 1 aromatic rings. The Bertz CT molecular complexity index is 481. The van der Waals surface area contributed by atoms with Crippen LogP contribution in [0.2, 0.25) is 0 Å². The van der Waals surface area contributed by atoms with Gasteiger partial charge in [-0.05, 0) is 44.2 Å². The van der Waals surface area contributed by atoms with Gasteiger partial charge in [0.05, 0.1) is 7.11 Å². The molecule has 110 valence electrons. The summed E-state index contributed by atoms with van der Waals surface area (Å²) < 4.78 is 5.38. The fourth-order valence-electron chi connectivity index (χ4n) is 2.07. The van der Waals surface area contributed by atoms with Crippen molar-refractivity contribution in [3.8, 4) is 5.75 Å². The van der Waals surface area contributed by atoms with E-state index in [2.05, 4.69) is 25.7 Å². The summed E-state index contributed by atoms with van der Waals surface area (Å²) >= 11 is 0. The van der Waals surface area contributed by atoms with E-state index in [4.69, 9.17) is 9.84 Å². The van der Waals surface area contributed by atoms with E-state index in [9.17, 15) is 4.79 Å². The van der Waals surface area contributed by atoms with Crippen LogP contribution in [0, 0.1) is 0 Å². The van der Waals surface area contributed by atoms with E-state index in [0.717, 1.165) is 36.0 Å². The molecule has 1 rings (SSSR count). The van der Waals surface area contributed by atoms with Gasteiger partial charge in [-0.3, -0.25) is 4.90 Å². The molecule has 1 N–H and O–H groups in total. The van der Waals surface area contributed by atoms with Gasteiger partial charge in [-0.1, -0.05) is 13.0 Å². The lowest BCUT2D eigenvalue weighted by molar-refractivity contribution is -0.131. The summed E-state index contributed by atoms with van der Waals surface area (Å²) in [4.78, 5) is 12.9. The minimum absolute atomic E-state index is 0.447. The highest BCUT2D eigenvalue weighted by Gasteiger charge is 2.11. The van der Waals surface area contributed by atoms with E-state index < -0.39 is 5.97 Å². The summed E-state index contributed by atoms with van der Waals surface area (Å²) in [7, 11) is 1.65. The van der Waals surface area contributed by atoms with Gasteiger partial charge < -0.3 is 9.84 Å². The number of methoxy groups -OCH3 is 1. The lowest BCUT2D eigenvalue weighted by Crippen LogP contribution is -2.30. The van der Waals surface area contributed by atoms with E-state index >= 15 is 0 Å². The number of rotatable bonds is 7. The number of carbonyl (C=O) groups is 1. The summed E-state index contributed by atoms with van der Waals surface area (Å²) in [6.07, 6.45) is 2.74. The average molecular weight is 277 g/mol. The molecule has 0 heterocycles. The van der Waals surface area contributed by atoms with Gasteiger partial charge in [0.1, 0.15) is 5.75 Å². The molecule has 0 saturated heterocycles. The van der Waals surface area contributed by atoms with Gasteiger partial charge in [0.25, 0.3) is 0 Å². The Morgan fingerprint density at radius 3 is 2.65 bits per heavy atom. The topological polar surface area (TPSA) is 49.8 Å². The highest BCUT2D eigenvalue weighted by molar-refractivity contribution is 5.85. The van der Waals surface area contributed by atoms with Gasteiger partial charge >= 0.3 is 5.97 Å². The number of nitrogens with zero attached hydrogens (tertiary/aromatic N) is 1. The SMILES string of the molecule is CCN(Cc1cc(C=CC(=O)O)ccc1OC)C(C)C. The summed E-state index contributed by atoms with van der Waals surface area (Å²) in [6.45, 7) is 8.18. The van der Waals surface area contributed by atoms with Crippen LogP contribution in [0.1, 0.15) is 31.9 Å². The molecule has 0 aliphatic rings. The third-order valence-corrected chi connectivity index (χ3v) is 3.23. The van der Waals surface area contributed by atoms with Crippen molar-refractivity contribution in [2.75, 3.05) is 13.7 Å². The van der Waals surface area contributed by atoms with Gasteiger partial charge in [0.15, 0.2) is 0 Å². The van der Waals surface area contributed by atoms with Crippen LogP contribution in [-0.2, 0) is 11.3 Å². The molecule has 0 radical (unpaired) electrons. The normalized spacial score (nSPS) is 11.5. The molecule has 0 aromatic heterocycles. The van der Waals surface area contributed by atoms with Crippen molar-refractivity contribution in [1.29, 1.82) is 0 Å². The first-order chi connectivity index (χ1) is 9.47. The number of ether oxygens (including phenoxy) is 1. The summed E-state index contributed by atoms with van der Waals surface area (Å²) in [5, 5.41) is 8.68. The Labute approximate surface area is 120 Å². The summed E-state index contributed by atoms with van der Waals surface area (Å²) in [5.74, 6) is -0.115. The van der Waals surface area contributed by atoms with Crippen molar-refractivity contribution in [3.63, 3.8) is 0 Å². The third-order valence-electron chi connectivity index (χ3n) is 3.23. The minimum atomic E-state index is -0.945. The van der Waals surface area contributed by atoms with E-state index in [1.165, 1.54) is 0 Å². The molecule has 0 aliphatic carbocycles. The predicted molar refractivity (Wildman–Crippen MR) is 80.9 cm³/mol. The Balaban J connectivity index is 3.02. The smallest absolute Gasteiger partial charge is 0.328 e. The molecule has 1 aromatic carbocycles. The molecule has 0 amide bonds. The molecule has 0 aliphatic heterocycles. The fraction of sp³-hybridized carbons (Fsp3) is 0.438. The van der Waals surface area contributed by atoms with Gasteiger partial charge in [-0.2, -0.15) is 0 Å². The van der Waals surface area contributed by atoms with Gasteiger partial charge in [0, 0.05) is 24.2 Å². The number of carboxylic acids is 1. The van der Waals surface area contributed by atoms with Crippen LogP contribution in [-0.4, -0.2) is 35.7 Å². The van der Waals surface area contributed by atoms with Crippen molar-refractivity contribution < 1.29 is 14.6 Å². The monoisotopic (exact) mass is 277 g/mol. The minimum Gasteiger partial charge on any atom is -0.496 e. The standard InChI is InChI=1S/C16H23NO3/c1-5-17(12(2)3)11-14-10-13(7-9-16(18)19)6-8-15(14)20-4/h6-10,12H,5,11H2,1-4H3,(H,18,19). The molecule has 0 saturated carbocycles. The van der Waals surface area contributed by atoms with E-state index in [1.54, 1.807) is 13.2 Å². The third kappa shape index (κ3) is 4.70. The zero-order chi connectivity index (χ0) is 15.1. The van der Waals surface area contributed by atoms with Gasteiger partial charge in [-0.15, -0.1) is 0 Å². The number of carboxylic acid groups (broad SMARTS) is 1.